The molecule has 3 nitrogen and oxygen atoms in total. The third kappa shape index (κ3) is 11.0. The minimum absolute atomic E-state index is 0.130. The molecule has 24 heavy (non-hydrogen) atoms. The van der Waals surface area contributed by atoms with Gasteiger partial charge in [-0.25, -0.2) is 4.98 Å². The summed E-state index contributed by atoms with van der Waals surface area (Å²) in [6.07, 6.45) is 26.4. The van der Waals surface area contributed by atoms with Gasteiger partial charge in [-0.2, -0.15) is 0 Å². The first-order valence-corrected chi connectivity index (χ1v) is 9.67. The van der Waals surface area contributed by atoms with Crippen molar-refractivity contribution in [2.45, 2.75) is 84.0 Å². The highest BCUT2D eigenvalue weighted by atomic mass is 16.1. The van der Waals surface area contributed by atoms with Crippen LogP contribution in [0.3, 0.4) is 0 Å². The zero-order chi connectivity index (χ0) is 17.3. The molecular weight excluding hydrogens is 296 g/mol. The number of unbranched alkanes of at least 4 members (excludes halogenated alkanes) is 8. The van der Waals surface area contributed by atoms with Crippen LogP contribution < -0.4 is 0 Å². The Balaban J connectivity index is 1.85. The predicted octanol–water partition coefficient (Wildman–Crippen LogP) is 6.41. The molecule has 0 saturated carbocycles. The number of aromatic nitrogens is 2. The monoisotopic (exact) mass is 330 g/mol. The summed E-state index contributed by atoms with van der Waals surface area (Å²) in [6.45, 7) is 2.24. The van der Waals surface area contributed by atoms with Gasteiger partial charge in [0.15, 0.2) is 11.6 Å². The fraction of sp³-hybridized carbons (Fsp3) is 0.619. The van der Waals surface area contributed by atoms with Gasteiger partial charge >= 0.3 is 0 Å². The third-order valence-electron chi connectivity index (χ3n) is 4.12. The van der Waals surface area contributed by atoms with Crippen LogP contribution in [0.5, 0.6) is 0 Å². The van der Waals surface area contributed by atoms with Crippen LogP contribution in [-0.4, -0.2) is 15.8 Å². The third-order valence-corrected chi connectivity index (χ3v) is 4.12. The van der Waals surface area contributed by atoms with Crippen LogP contribution in [0.25, 0.3) is 0 Å². The number of carbonyl (C=O) groups excluding carboxylic acids is 1. The Labute approximate surface area is 147 Å². The number of H-pyrrole nitrogens is 1. The number of ketones is 1. The van der Waals surface area contributed by atoms with Crippen molar-refractivity contribution >= 4 is 5.78 Å². The van der Waals surface area contributed by atoms with Gasteiger partial charge in [0.2, 0.25) is 0 Å². The molecular formula is C21H34N2O. The number of nitrogens with zero attached hydrogens (tertiary/aromatic N) is 1. The Hall–Kier alpha value is -1.64. The standard InChI is InChI=1S/C21H34N2O/c1-2-3-4-5-6-7-8-9-10-11-12-13-14-15-16-17-20(24)21-22-18-19-23-21/h6-7,9-10,18-19H,2-5,8,11-17H2,1H3,(H,22,23)/b7-6-,10-9-. The quantitative estimate of drug-likeness (QED) is 0.229. The van der Waals surface area contributed by atoms with Gasteiger partial charge in [0.25, 0.3) is 0 Å². The summed E-state index contributed by atoms with van der Waals surface area (Å²) < 4.78 is 0. The fourth-order valence-corrected chi connectivity index (χ4v) is 2.63. The molecule has 0 radical (unpaired) electrons. The van der Waals surface area contributed by atoms with E-state index < -0.39 is 0 Å². The summed E-state index contributed by atoms with van der Waals surface area (Å²) in [5.41, 5.74) is 0. The van der Waals surface area contributed by atoms with E-state index in [1.54, 1.807) is 12.4 Å². The van der Waals surface area contributed by atoms with Crippen LogP contribution in [0.2, 0.25) is 0 Å². The highest BCUT2D eigenvalue weighted by Crippen LogP contribution is 2.09. The molecule has 0 bridgehead atoms. The van der Waals surface area contributed by atoms with Gasteiger partial charge in [0, 0.05) is 18.8 Å². The maximum Gasteiger partial charge on any atom is 0.198 e. The van der Waals surface area contributed by atoms with Crippen molar-refractivity contribution < 1.29 is 4.79 Å². The van der Waals surface area contributed by atoms with Gasteiger partial charge < -0.3 is 4.98 Å². The van der Waals surface area contributed by atoms with Crippen LogP contribution >= 0.6 is 0 Å². The van der Waals surface area contributed by atoms with Crippen LogP contribution in [-0.2, 0) is 0 Å². The van der Waals surface area contributed by atoms with E-state index in [-0.39, 0.29) is 5.78 Å². The molecule has 0 aliphatic carbocycles. The molecule has 0 saturated heterocycles. The zero-order valence-electron chi connectivity index (χ0n) is 15.3. The number of Topliss-reactive ketones (excluding diaryl/α,β-unsaturated/α-hetero) is 1. The van der Waals surface area contributed by atoms with Crippen molar-refractivity contribution in [2.24, 2.45) is 0 Å². The number of hydrogen-bond donors (Lipinski definition) is 1. The lowest BCUT2D eigenvalue weighted by Gasteiger charge is -1.99. The highest BCUT2D eigenvalue weighted by molar-refractivity contribution is 5.92. The van der Waals surface area contributed by atoms with Crippen molar-refractivity contribution in [3.05, 3.63) is 42.5 Å². The molecule has 1 N–H and O–H groups in total. The summed E-state index contributed by atoms with van der Waals surface area (Å²) in [5.74, 6) is 0.630. The largest absolute Gasteiger partial charge is 0.342 e. The number of rotatable bonds is 15. The van der Waals surface area contributed by atoms with E-state index in [9.17, 15) is 4.79 Å². The first-order valence-electron chi connectivity index (χ1n) is 9.67. The van der Waals surface area contributed by atoms with E-state index in [1.165, 1.54) is 51.4 Å². The molecule has 134 valence electrons. The van der Waals surface area contributed by atoms with Gasteiger partial charge in [-0.1, -0.05) is 63.3 Å². The van der Waals surface area contributed by atoms with Gasteiger partial charge in [0.05, 0.1) is 0 Å². The van der Waals surface area contributed by atoms with Crippen molar-refractivity contribution in [2.75, 3.05) is 0 Å². The lowest BCUT2D eigenvalue weighted by atomic mass is 10.1. The van der Waals surface area contributed by atoms with E-state index >= 15 is 0 Å². The predicted molar refractivity (Wildman–Crippen MR) is 102 cm³/mol. The molecule has 3 heteroatoms. The summed E-state index contributed by atoms with van der Waals surface area (Å²) >= 11 is 0. The molecule has 0 atom stereocenters. The molecule has 0 spiro atoms. The molecule has 1 aromatic heterocycles. The minimum atomic E-state index is 0.130. The Bertz CT molecular complexity index is 460. The average Bonchev–Trinajstić information content (AvgIpc) is 3.13. The molecule has 0 fully saturated rings. The zero-order valence-corrected chi connectivity index (χ0v) is 15.3. The van der Waals surface area contributed by atoms with Crippen LogP contribution in [0.15, 0.2) is 36.7 Å². The van der Waals surface area contributed by atoms with E-state index in [4.69, 9.17) is 0 Å². The maximum absolute atomic E-state index is 11.7. The van der Waals surface area contributed by atoms with Gasteiger partial charge in [0.1, 0.15) is 0 Å². The van der Waals surface area contributed by atoms with E-state index in [1.807, 2.05) is 0 Å². The lowest BCUT2D eigenvalue weighted by Crippen LogP contribution is -2.01. The number of nitrogens with one attached hydrogen (secondary N) is 1. The number of hydrogen-bond acceptors (Lipinski definition) is 2. The van der Waals surface area contributed by atoms with Crippen LogP contribution in [0, 0.1) is 0 Å². The highest BCUT2D eigenvalue weighted by Gasteiger charge is 2.06. The van der Waals surface area contributed by atoms with Gasteiger partial charge in [-0.05, 0) is 38.5 Å². The van der Waals surface area contributed by atoms with E-state index in [0.29, 0.717) is 12.2 Å². The number of carbonyl (C=O) groups is 1. The minimum Gasteiger partial charge on any atom is -0.342 e. The molecule has 0 aromatic carbocycles. The second-order valence-corrected chi connectivity index (χ2v) is 6.34. The molecule has 1 heterocycles. The second kappa shape index (κ2) is 14.9. The number of imidazole rings is 1. The van der Waals surface area contributed by atoms with Crippen LogP contribution in [0.1, 0.15) is 94.6 Å². The van der Waals surface area contributed by atoms with E-state index in [0.717, 1.165) is 19.3 Å². The first kappa shape index (κ1) is 20.4. The van der Waals surface area contributed by atoms with Gasteiger partial charge in [-0.3, -0.25) is 4.79 Å². The Morgan fingerprint density at radius 2 is 1.62 bits per heavy atom. The lowest BCUT2D eigenvalue weighted by molar-refractivity contribution is 0.0970. The van der Waals surface area contributed by atoms with Crippen molar-refractivity contribution in [1.29, 1.82) is 0 Å². The SMILES string of the molecule is CCCCC/C=C\C/C=C\CCCCCCCC(=O)c1ncc[nH]1. The molecule has 0 unspecified atom stereocenters. The topological polar surface area (TPSA) is 45.8 Å². The van der Waals surface area contributed by atoms with Crippen molar-refractivity contribution in [1.82, 2.24) is 9.97 Å². The fourth-order valence-electron chi connectivity index (χ4n) is 2.63. The summed E-state index contributed by atoms with van der Waals surface area (Å²) in [4.78, 5) is 18.6. The molecule has 0 aliphatic heterocycles. The summed E-state index contributed by atoms with van der Waals surface area (Å²) in [7, 11) is 0. The van der Waals surface area contributed by atoms with Crippen LogP contribution in [0.4, 0.5) is 0 Å². The maximum atomic E-state index is 11.7. The molecule has 1 rings (SSSR count). The number of allylic oxidation sites excluding steroid dienone is 4. The smallest absolute Gasteiger partial charge is 0.198 e. The molecule has 0 aliphatic rings. The molecule has 1 aromatic rings. The number of aromatic amines is 1. The van der Waals surface area contributed by atoms with Crippen molar-refractivity contribution in [3.8, 4) is 0 Å². The average molecular weight is 331 g/mol. The van der Waals surface area contributed by atoms with Crippen molar-refractivity contribution in [3.63, 3.8) is 0 Å². The van der Waals surface area contributed by atoms with Gasteiger partial charge in [-0.15, -0.1) is 0 Å². The Kier molecular flexibility index (Phi) is 12.7. The summed E-state index contributed by atoms with van der Waals surface area (Å²) in [5, 5.41) is 0. The first-order chi connectivity index (χ1) is 11.8. The normalized spacial score (nSPS) is 11.7. The molecule has 0 amide bonds. The van der Waals surface area contributed by atoms with E-state index in [2.05, 4.69) is 41.2 Å². The summed E-state index contributed by atoms with van der Waals surface area (Å²) in [6, 6.07) is 0. The Morgan fingerprint density at radius 3 is 2.29 bits per heavy atom. The second-order valence-electron chi connectivity index (χ2n) is 6.34. The Morgan fingerprint density at radius 1 is 0.958 bits per heavy atom.